The summed E-state index contributed by atoms with van der Waals surface area (Å²) >= 11 is 6.18. The van der Waals surface area contributed by atoms with Crippen LogP contribution in [0.15, 0.2) is 30.6 Å². The zero-order valence-corrected chi connectivity index (χ0v) is 16.0. The molecule has 0 radical (unpaired) electrons. The zero-order valence-electron chi connectivity index (χ0n) is 14.5. The summed E-state index contributed by atoms with van der Waals surface area (Å²) in [5.41, 5.74) is 2.10. The number of nitrogens with one attached hydrogen (secondary N) is 3. The monoisotopic (exact) mass is 397 g/mol. The van der Waals surface area contributed by atoms with Gasteiger partial charge in [0.25, 0.3) is 0 Å². The van der Waals surface area contributed by atoms with Crippen molar-refractivity contribution in [2.24, 2.45) is 13.0 Å². The minimum absolute atomic E-state index is 0. The zero-order chi connectivity index (χ0) is 18.0. The number of halogens is 2. The van der Waals surface area contributed by atoms with Gasteiger partial charge in [-0.1, -0.05) is 11.6 Å². The van der Waals surface area contributed by atoms with E-state index in [2.05, 4.69) is 21.0 Å². The molecule has 0 bridgehead atoms. The van der Waals surface area contributed by atoms with Crippen molar-refractivity contribution in [1.82, 2.24) is 15.1 Å². The minimum Gasteiger partial charge on any atom is -0.326 e. The summed E-state index contributed by atoms with van der Waals surface area (Å²) in [5.74, 6) is -0.451. The van der Waals surface area contributed by atoms with E-state index in [1.54, 1.807) is 29.1 Å². The first-order chi connectivity index (χ1) is 11.9. The topological polar surface area (TPSA) is 88.1 Å². The lowest BCUT2D eigenvalue weighted by atomic mass is 9.90. The number of carbonyl (C=O) groups excluding carboxylic acids is 2. The molecule has 0 unspecified atom stereocenters. The lowest BCUT2D eigenvalue weighted by molar-refractivity contribution is -0.119. The molecule has 0 saturated carbocycles. The maximum atomic E-state index is 12.8. The molecule has 7 nitrogen and oxygen atoms in total. The number of benzene rings is 1. The third-order valence-electron chi connectivity index (χ3n) is 4.25. The standard InChI is InChI=1S/C17H20ClN5O2.ClH/c1-10(24)21-12-3-4-15(18)16(5-12)22-17(25)14-8-19-7-13(14)11-6-20-23(2)9-11;/h3-6,9,13-14,19H,7-8H2,1-2H3,(H,21,24)(H,22,25);1H/t13-,14+;/m1./s1. The Balaban J connectivity index is 0.00000243. The van der Waals surface area contributed by atoms with Gasteiger partial charge < -0.3 is 16.0 Å². The third-order valence-corrected chi connectivity index (χ3v) is 4.58. The molecule has 1 aliphatic rings. The molecular weight excluding hydrogens is 377 g/mol. The molecular formula is C17H21Cl2N5O2. The van der Waals surface area contributed by atoms with Crippen LogP contribution in [0.3, 0.4) is 0 Å². The van der Waals surface area contributed by atoms with E-state index in [9.17, 15) is 9.59 Å². The second-order valence-corrected chi connectivity index (χ2v) is 6.59. The van der Waals surface area contributed by atoms with Gasteiger partial charge in [-0.25, -0.2) is 0 Å². The summed E-state index contributed by atoms with van der Waals surface area (Å²) < 4.78 is 1.73. The Bertz CT molecular complexity index is 808. The number of hydrogen-bond acceptors (Lipinski definition) is 4. The molecule has 2 atom stereocenters. The molecule has 140 valence electrons. The fraction of sp³-hybridized carbons (Fsp3) is 0.353. The molecule has 1 aliphatic heterocycles. The van der Waals surface area contributed by atoms with Gasteiger partial charge in [-0.2, -0.15) is 5.10 Å². The first kappa shape index (κ1) is 20.2. The first-order valence-electron chi connectivity index (χ1n) is 8.01. The van der Waals surface area contributed by atoms with E-state index in [4.69, 9.17) is 11.6 Å². The quantitative estimate of drug-likeness (QED) is 0.738. The molecule has 26 heavy (non-hydrogen) atoms. The lowest BCUT2D eigenvalue weighted by Gasteiger charge is -2.18. The van der Waals surface area contributed by atoms with Crippen LogP contribution in [0.2, 0.25) is 5.02 Å². The van der Waals surface area contributed by atoms with Crippen molar-refractivity contribution >= 4 is 47.2 Å². The normalized spacial score (nSPS) is 18.9. The van der Waals surface area contributed by atoms with Gasteiger partial charge in [0.05, 0.1) is 22.8 Å². The van der Waals surface area contributed by atoms with Crippen molar-refractivity contribution < 1.29 is 9.59 Å². The Hall–Kier alpha value is -2.09. The summed E-state index contributed by atoms with van der Waals surface area (Å²) in [6.07, 6.45) is 3.73. The van der Waals surface area contributed by atoms with Crippen LogP contribution in [0.25, 0.3) is 0 Å². The highest BCUT2D eigenvalue weighted by atomic mass is 35.5. The van der Waals surface area contributed by atoms with Crippen LogP contribution in [-0.2, 0) is 16.6 Å². The van der Waals surface area contributed by atoms with Gasteiger partial charge in [0.15, 0.2) is 0 Å². The minimum atomic E-state index is -0.218. The van der Waals surface area contributed by atoms with Gasteiger partial charge in [-0.15, -0.1) is 12.4 Å². The second-order valence-electron chi connectivity index (χ2n) is 6.18. The fourth-order valence-electron chi connectivity index (χ4n) is 3.06. The van der Waals surface area contributed by atoms with E-state index in [0.717, 1.165) is 12.1 Å². The van der Waals surface area contributed by atoms with Crippen LogP contribution in [0.1, 0.15) is 18.4 Å². The average molecular weight is 398 g/mol. The van der Waals surface area contributed by atoms with Gasteiger partial charge in [0, 0.05) is 44.9 Å². The van der Waals surface area contributed by atoms with Crippen LogP contribution in [-0.4, -0.2) is 34.7 Å². The SMILES string of the molecule is CC(=O)Nc1ccc(Cl)c(NC(=O)[C@H]2CNC[C@@H]2c2cnn(C)c2)c1.Cl. The number of rotatable bonds is 4. The summed E-state index contributed by atoms with van der Waals surface area (Å²) in [4.78, 5) is 24.0. The Labute approximate surface area is 162 Å². The molecule has 3 rings (SSSR count). The van der Waals surface area contributed by atoms with Gasteiger partial charge in [-0.05, 0) is 23.8 Å². The maximum Gasteiger partial charge on any atom is 0.229 e. The molecule has 9 heteroatoms. The largest absolute Gasteiger partial charge is 0.326 e. The molecule has 1 fully saturated rings. The van der Waals surface area contributed by atoms with Crippen molar-refractivity contribution in [3.63, 3.8) is 0 Å². The maximum absolute atomic E-state index is 12.8. The number of amides is 2. The van der Waals surface area contributed by atoms with Gasteiger partial charge in [0.2, 0.25) is 11.8 Å². The molecule has 2 amide bonds. The fourth-order valence-corrected chi connectivity index (χ4v) is 3.23. The van der Waals surface area contributed by atoms with E-state index in [-0.39, 0.29) is 36.1 Å². The third kappa shape index (κ3) is 4.55. The van der Waals surface area contributed by atoms with Crippen LogP contribution < -0.4 is 16.0 Å². The van der Waals surface area contributed by atoms with E-state index in [0.29, 0.717) is 22.9 Å². The average Bonchev–Trinajstić information content (AvgIpc) is 3.18. The highest BCUT2D eigenvalue weighted by Gasteiger charge is 2.34. The van der Waals surface area contributed by atoms with Crippen molar-refractivity contribution in [2.75, 3.05) is 23.7 Å². The van der Waals surface area contributed by atoms with Crippen LogP contribution >= 0.6 is 24.0 Å². The van der Waals surface area contributed by atoms with Crippen LogP contribution in [0.5, 0.6) is 0 Å². The lowest BCUT2D eigenvalue weighted by Crippen LogP contribution is -2.28. The number of carbonyl (C=O) groups is 2. The number of anilines is 2. The Morgan fingerprint density at radius 3 is 2.73 bits per heavy atom. The van der Waals surface area contributed by atoms with Crippen LogP contribution in [0.4, 0.5) is 11.4 Å². The number of hydrogen-bond donors (Lipinski definition) is 3. The first-order valence-corrected chi connectivity index (χ1v) is 8.39. The highest BCUT2D eigenvalue weighted by molar-refractivity contribution is 6.33. The number of aromatic nitrogens is 2. The Kier molecular flexibility index (Phi) is 6.63. The molecule has 0 spiro atoms. The van der Waals surface area contributed by atoms with Crippen LogP contribution in [0, 0.1) is 5.92 Å². The summed E-state index contributed by atoms with van der Waals surface area (Å²) in [6, 6.07) is 4.99. The highest BCUT2D eigenvalue weighted by Crippen LogP contribution is 2.31. The molecule has 1 saturated heterocycles. The number of aryl methyl sites for hydroxylation is 1. The molecule has 0 aliphatic carbocycles. The molecule has 1 aromatic heterocycles. The molecule has 1 aromatic carbocycles. The van der Waals surface area contributed by atoms with E-state index >= 15 is 0 Å². The smallest absolute Gasteiger partial charge is 0.229 e. The van der Waals surface area contributed by atoms with E-state index < -0.39 is 0 Å². The number of nitrogens with zero attached hydrogens (tertiary/aromatic N) is 2. The van der Waals surface area contributed by atoms with Crippen molar-refractivity contribution in [3.05, 3.63) is 41.2 Å². The molecule has 2 heterocycles. The van der Waals surface area contributed by atoms with Crippen molar-refractivity contribution in [2.45, 2.75) is 12.8 Å². The van der Waals surface area contributed by atoms with Crippen molar-refractivity contribution in [3.8, 4) is 0 Å². The summed E-state index contributed by atoms with van der Waals surface area (Å²) in [6.45, 7) is 2.74. The predicted octanol–water partition coefficient (Wildman–Crippen LogP) is 2.40. The Morgan fingerprint density at radius 2 is 2.08 bits per heavy atom. The van der Waals surface area contributed by atoms with Gasteiger partial charge >= 0.3 is 0 Å². The molecule has 3 N–H and O–H groups in total. The van der Waals surface area contributed by atoms with E-state index in [1.807, 2.05) is 13.2 Å². The van der Waals surface area contributed by atoms with E-state index in [1.165, 1.54) is 6.92 Å². The second kappa shape index (κ2) is 8.53. The Morgan fingerprint density at radius 1 is 1.31 bits per heavy atom. The predicted molar refractivity (Wildman–Crippen MR) is 104 cm³/mol. The molecule has 2 aromatic rings. The summed E-state index contributed by atoms with van der Waals surface area (Å²) in [5, 5.41) is 13.4. The van der Waals surface area contributed by atoms with Gasteiger partial charge in [0.1, 0.15) is 0 Å². The van der Waals surface area contributed by atoms with Crippen molar-refractivity contribution in [1.29, 1.82) is 0 Å². The summed E-state index contributed by atoms with van der Waals surface area (Å²) in [7, 11) is 1.86. The van der Waals surface area contributed by atoms with Gasteiger partial charge in [-0.3, -0.25) is 14.3 Å².